The van der Waals surface area contributed by atoms with E-state index in [0.29, 0.717) is 30.3 Å². The molecule has 29 heavy (non-hydrogen) atoms. The fraction of sp³-hybridized carbons (Fsp3) is 0.318. The molecule has 1 saturated heterocycles. The van der Waals surface area contributed by atoms with Crippen LogP contribution in [0.3, 0.4) is 0 Å². The molecule has 0 aliphatic carbocycles. The maximum Gasteiger partial charge on any atom is 0.193 e. The number of aliphatic hydroxyl groups is 1. The molecular formula is C22H24N2O5. The second-order valence-electron chi connectivity index (χ2n) is 7.17. The molecule has 3 atom stereocenters. The average Bonchev–Trinajstić information content (AvgIpc) is 3.27. The number of ether oxygens (including phenoxy) is 3. The van der Waals surface area contributed by atoms with Gasteiger partial charge in [-0.1, -0.05) is 41.6 Å². The van der Waals surface area contributed by atoms with E-state index in [1.807, 2.05) is 48.5 Å². The fourth-order valence-electron chi connectivity index (χ4n) is 4.18. The summed E-state index contributed by atoms with van der Waals surface area (Å²) < 4.78 is 16.6. The van der Waals surface area contributed by atoms with Crippen LogP contribution in [-0.4, -0.2) is 53.4 Å². The normalized spacial score (nSPS) is 27.5. The van der Waals surface area contributed by atoms with Gasteiger partial charge in [0.25, 0.3) is 0 Å². The van der Waals surface area contributed by atoms with E-state index in [1.54, 1.807) is 20.3 Å². The fourth-order valence-corrected chi connectivity index (χ4v) is 4.18. The van der Waals surface area contributed by atoms with Crippen LogP contribution in [0.1, 0.15) is 17.2 Å². The highest BCUT2D eigenvalue weighted by atomic mass is 16.5. The van der Waals surface area contributed by atoms with Crippen molar-refractivity contribution in [2.24, 2.45) is 5.16 Å². The molecule has 4 rings (SSSR count). The van der Waals surface area contributed by atoms with Gasteiger partial charge in [0, 0.05) is 13.1 Å². The SMILES string of the molecule is COc1ccc([C@H]2/C(=N/O)[C@]3(CN2Cc2ccccc2)OC=C[C@H]3O)cc1OC. The molecule has 0 amide bonds. The van der Waals surface area contributed by atoms with Gasteiger partial charge in [0.2, 0.25) is 0 Å². The Kier molecular flexibility index (Phi) is 5.17. The monoisotopic (exact) mass is 396 g/mol. The van der Waals surface area contributed by atoms with Gasteiger partial charge in [-0.3, -0.25) is 4.90 Å². The van der Waals surface area contributed by atoms with E-state index >= 15 is 0 Å². The lowest BCUT2D eigenvalue weighted by molar-refractivity contribution is 0.00718. The summed E-state index contributed by atoms with van der Waals surface area (Å²) in [5.74, 6) is 1.19. The van der Waals surface area contributed by atoms with E-state index in [9.17, 15) is 10.3 Å². The summed E-state index contributed by atoms with van der Waals surface area (Å²) in [7, 11) is 3.16. The number of rotatable bonds is 5. The third-order valence-electron chi connectivity index (χ3n) is 5.57. The van der Waals surface area contributed by atoms with Gasteiger partial charge < -0.3 is 24.5 Å². The predicted molar refractivity (Wildman–Crippen MR) is 107 cm³/mol. The van der Waals surface area contributed by atoms with E-state index in [1.165, 1.54) is 6.26 Å². The highest BCUT2D eigenvalue weighted by molar-refractivity contribution is 6.01. The van der Waals surface area contributed by atoms with Crippen molar-refractivity contribution in [3.63, 3.8) is 0 Å². The van der Waals surface area contributed by atoms with Crippen molar-refractivity contribution in [3.05, 3.63) is 72.0 Å². The second kappa shape index (κ2) is 7.77. The quantitative estimate of drug-likeness (QED) is 0.597. The van der Waals surface area contributed by atoms with Crippen LogP contribution in [0.2, 0.25) is 0 Å². The number of hydrogen-bond acceptors (Lipinski definition) is 7. The summed E-state index contributed by atoms with van der Waals surface area (Å²) in [5.41, 5.74) is 1.19. The Bertz CT molecular complexity index is 930. The third-order valence-corrected chi connectivity index (χ3v) is 5.57. The second-order valence-corrected chi connectivity index (χ2v) is 7.17. The molecule has 1 spiro atoms. The number of likely N-dealkylation sites (tertiary alicyclic amines) is 1. The lowest BCUT2D eigenvalue weighted by Crippen LogP contribution is -2.48. The largest absolute Gasteiger partial charge is 0.493 e. The molecule has 2 aliphatic rings. The summed E-state index contributed by atoms with van der Waals surface area (Å²) in [6, 6.07) is 15.2. The Morgan fingerprint density at radius 2 is 1.90 bits per heavy atom. The maximum absolute atomic E-state index is 10.6. The van der Waals surface area contributed by atoms with Crippen molar-refractivity contribution in [1.82, 2.24) is 4.90 Å². The number of oxime groups is 1. The zero-order valence-electron chi connectivity index (χ0n) is 16.4. The first-order chi connectivity index (χ1) is 14.1. The van der Waals surface area contributed by atoms with Gasteiger partial charge in [-0.05, 0) is 29.3 Å². The summed E-state index contributed by atoms with van der Waals surface area (Å²) in [6.07, 6.45) is 2.13. The standard InChI is InChI=1S/C22H24N2O5/c1-27-17-9-8-16(12-18(17)28-2)20-21(23-26)22(19(25)10-11-29-22)14-24(20)13-15-6-4-3-5-7-15/h3-12,19-20,25-26H,13-14H2,1-2H3/b23-21-/t19-,20+,22-/m1/s1. The molecule has 2 aliphatic heterocycles. The van der Waals surface area contributed by atoms with Crippen LogP contribution in [-0.2, 0) is 11.3 Å². The molecule has 0 saturated carbocycles. The molecular weight excluding hydrogens is 372 g/mol. The van der Waals surface area contributed by atoms with Crippen LogP contribution in [0.15, 0.2) is 66.0 Å². The lowest BCUT2D eigenvalue weighted by atomic mass is 9.89. The van der Waals surface area contributed by atoms with Gasteiger partial charge in [-0.2, -0.15) is 0 Å². The van der Waals surface area contributed by atoms with Crippen LogP contribution in [0.5, 0.6) is 11.5 Å². The van der Waals surface area contributed by atoms with Gasteiger partial charge in [-0.15, -0.1) is 0 Å². The van der Waals surface area contributed by atoms with Gasteiger partial charge in [-0.25, -0.2) is 0 Å². The molecule has 7 heteroatoms. The molecule has 2 N–H and O–H groups in total. The van der Waals surface area contributed by atoms with Crippen molar-refractivity contribution in [2.45, 2.75) is 24.3 Å². The van der Waals surface area contributed by atoms with Crippen LogP contribution in [0.4, 0.5) is 0 Å². The van der Waals surface area contributed by atoms with E-state index in [-0.39, 0.29) is 0 Å². The first-order valence-electron chi connectivity index (χ1n) is 9.38. The van der Waals surface area contributed by atoms with Crippen molar-refractivity contribution >= 4 is 5.71 Å². The topological polar surface area (TPSA) is 83.8 Å². The Morgan fingerprint density at radius 1 is 1.14 bits per heavy atom. The number of methoxy groups -OCH3 is 2. The van der Waals surface area contributed by atoms with Gasteiger partial charge in [0.1, 0.15) is 11.8 Å². The van der Waals surface area contributed by atoms with Crippen LogP contribution < -0.4 is 9.47 Å². The minimum atomic E-state index is -1.12. The third kappa shape index (κ3) is 3.22. The highest BCUT2D eigenvalue weighted by Crippen LogP contribution is 2.44. The molecule has 0 aromatic heterocycles. The molecule has 0 bridgehead atoms. The van der Waals surface area contributed by atoms with Gasteiger partial charge in [0.15, 0.2) is 17.1 Å². The summed E-state index contributed by atoms with van der Waals surface area (Å²) >= 11 is 0. The van der Waals surface area contributed by atoms with Gasteiger partial charge >= 0.3 is 0 Å². The number of benzene rings is 2. The van der Waals surface area contributed by atoms with E-state index in [0.717, 1.165) is 11.1 Å². The zero-order valence-corrected chi connectivity index (χ0v) is 16.4. The number of aliphatic hydroxyl groups excluding tert-OH is 1. The lowest BCUT2D eigenvalue weighted by Gasteiger charge is -2.27. The maximum atomic E-state index is 10.6. The molecule has 1 fully saturated rings. The number of hydrogen-bond donors (Lipinski definition) is 2. The Balaban J connectivity index is 1.78. The minimum Gasteiger partial charge on any atom is -0.493 e. The highest BCUT2D eigenvalue weighted by Gasteiger charge is 2.58. The van der Waals surface area contributed by atoms with E-state index < -0.39 is 17.7 Å². The Labute approximate surface area is 169 Å². The van der Waals surface area contributed by atoms with Crippen molar-refractivity contribution in [3.8, 4) is 11.5 Å². The van der Waals surface area contributed by atoms with Crippen LogP contribution >= 0.6 is 0 Å². The molecule has 152 valence electrons. The molecule has 0 unspecified atom stereocenters. The number of nitrogens with zero attached hydrogens (tertiary/aromatic N) is 2. The van der Waals surface area contributed by atoms with Crippen molar-refractivity contribution in [2.75, 3.05) is 20.8 Å². The molecule has 2 aromatic carbocycles. The Hall–Kier alpha value is -3.03. The van der Waals surface area contributed by atoms with Crippen LogP contribution in [0.25, 0.3) is 0 Å². The molecule has 0 radical (unpaired) electrons. The van der Waals surface area contributed by atoms with E-state index in [2.05, 4.69) is 10.1 Å². The van der Waals surface area contributed by atoms with Crippen molar-refractivity contribution in [1.29, 1.82) is 0 Å². The van der Waals surface area contributed by atoms with E-state index in [4.69, 9.17) is 14.2 Å². The first kappa shape index (κ1) is 19.3. The molecule has 7 nitrogen and oxygen atoms in total. The summed E-state index contributed by atoms with van der Waals surface area (Å²) in [6.45, 7) is 0.963. The smallest absolute Gasteiger partial charge is 0.193 e. The summed E-state index contributed by atoms with van der Waals surface area (Å²) in [4.78, 5) is 2.13. The minimum absolute atomic E-state index is 0.359. The van der Waals surface area contributed by atoms with Crippen molar-refractivity contribution < 1.29 is 24.5 Å². The molecule has 2 aromatic rings. The zero-order chi connectivity index (χ0) is 20.4. The first-order valence-corrected chi connectivity index (χ1v) is 9.38. The predicted octanol–water partition coefficient (Wildman–Crippen LogP) is 2.73. The van der Waals surface area contributed by atoms with Gasteiger partial charge in [0.05, 0.1) is 26.5 Å². The average molecular weight is 396 g/mol. The summed E-state index contributed by atoms with van der Waals surface area (Å²) in [5, 5.41) is 24.2. The van der Waals surface area contributed by atoms with Crippen LogP contribution in [0, 0.1) is 0 Å². The molecule has 2 heterocycles. The Morgan fingerprint density at radius 3 is 2.52 bits per heavy atom.